The van der Waals surface area contributed by atoms with E-state index in [4.69, 9.17) is 0 Å². The summed E-state index contributed by atoms with van der Waals surface area (Å²) < 4.78 is 1.97. The molecule has 142 valence electrons. The first-order valence-electron chi connectivity index (χ1n) is 10.1. The minimum atomic E-state index is -0.485. The summed E-state index contributed by atoms with van der Waals surface area (Å²) in [5.74, 6) is 1.21. The van der Waals surface area contributed by atoms with Gasteiger partial charge in [-0.2, -0.15) is 5.10 Å². The van der Waals surface area contributed by atoms with Gasteiger partial charge in [0.25, 0.3) is 5.91 Å². The van der Waals surface area contributed by atoms with Crippen molar-refractivity contribution in [2.24, 2.45) is 17.3 Å². The molecule has 3 unspecified atom stereocenters. The summed E-state index contributed by atoms with van der Waals surface area (Å²) in [6, 6.07) is 2.01. The van der Waals surface area contributed by atoms with Crippen molar-refractivity contribution < 1.29 is 9.90 Å². The zero-order valence-corrected chi connectivity index (χ0v) is 15.9. The van der Waals surface area contributed by atoms with Crippen LogP contribution in [0.1, 0.15) is 61.6 Å². The second-order valence-corrected chi connectivity index (χ2v) is 9.72. The van der Waals surface area contributed by atoms with Crippen molar-refractivity contribution in [3.63, 3.8) is 0 Å². The highest BCUT2D eigenvalue weighted by atomic mass is 16.3. The van der Waals surface area contributed by atoms with Crippen LogP contribution in [0.4, 0.5) is 0 Å². The molecule has 3 atom stereocenters. The van der Waals surface area contributed by atoms with Gasteiger partial charge in [0.2, 0.25) is 0 Å². The Morgan fingerprint density at radius 3 is 2.73 bits per heavy atom. The first-order valence-corrected chi connectivity index (χ1v) is 10.1. The zero-order valence-electron chi connectivity index (χ0n) is 15.9. The topological polar surface area (TPSA) is 70.4 Å². The van der Waals surface area contributed by atoms with Crippen molar-refractivity contribution in [1.29, 1.82) is 0 Å². The lowest BCUT2D eigenvalue weighted by molar-refractivity contribution is -0.171. The molecule has 1 aromatic rings. The van der Waals surface area contributed by atoms with E-state index in [1.54, 1.807) is 0 Å². The molecule has 2 N–H and O–H groups in total. The van der Waals surface area contributed by atoms with Gasteiger partial charge in [-0.1, -0.05) is 0 Å². The Morgan fingerprint density at radius 2 is 2.04 bits per heavy atom. The van der Waals surface area contributed by atoms with Crippen LogP contribution in [0.15, 0.2) is 6.07 Å². The van der Waals surface area contributed by atoms with E-state index in [2.05, 4.69) is 29.3 Å². The number of aliphatic hydroxyl groups is 1. The number of rotatable bonds is 3. The number of carbonyl (C=O) groups is 1. The van der Waals surface area contributed by atoms with Gasteiger partial charge in [-0.25, -0.2) is 0 Å². The van der Waals surface area contributed by atoms with E-state index in [0.717, 1.165) is 57.4 Å². The predicted molar refractivity (Wildman–Crippen MR) is 97.6 cm³/mol. The van der Waals surface area contributed by atoms with Crippen molar-refractivity contribution in [2.45, 2.75) is 70.2 Å². The standard InChI is InChI=1S/C20H30N4O2/c1-13(19-7-14-5-15(8-19)10-20(26,9-14)12-19)21-18(25)17-6-16-11-23(2)3-4-24(16)22-17/h6,13-15,26H,3-5,7-12H2,1-2H3,(H,21,25). The predicted octanol–water partition coefficient (Wildman–Crippen LogP) is 1.78. The number of hydrogen-bond acceptors (Lipinski definition) is 4. The summed E-state index contributed by atoms with van der Waals surface area (Å²) in [5.41, 5.74) is 1.22. The molecule has 0 saturated heterocycles. The van der Waals surface area contributed by atoms with Crippen molar-refractivity contribution in [3.05, 3.63) is 17.5 Å². The number of hydrogen-bond donors (Lipinski definition) is 2. The van der Waals surface area contributed by atoms with Crippen molar-refractivity contribution >= 4 is 5.91 Å². The monoisotopic (exact) mass is 358 g/mol. The van der Waals surface area contributed by atoms with Crippen LogP contribution < -0.4 is 5.32 Å². The fraction of sp³-hybridized carbons (Fsp3) is 0.800. The first kappa shape index (κ1) is 16.8. The Hall–Kier alpha value is -1.40. The van der Waals surface area contributed by atoms with Crippen LogP contribution in [0.5, 0.6) is 0 Å². The van der Waals surface area contributed by atoms with E-state index in [1.807, 2.05) is 10.7 Å². The third-order valence-electron chi connectivity index (χ3n) is 7.56. The lowest BCUT2D eigenvalue weighted by Crippen LogP contribution is -2.61. The van der Waals surface area contributed by atoms with E-state index in [0.29, 0.717) is 17.5 Å². The molecule has 1 amide bonds. The van der Waals surface area contributed by atoms with Crippen molar-refractivity contribution in [3.8, 4) is 0 Å². The molecule has 1 aliphatic heterocycles. The second-order valence-electron chi connectivity index (χ2n) is 9.72. The summed E-state index contributed by atoms with van der Waals surface area (Å²) in [5, 5.41) is 18.7. The molecule has 4 aliphatic carbocycles. The van der Waals surface area contributed by atoms with Crippen LogP contribution in [0.25, 0.3) is 0 Å². The van der Waals surface area contributed by atoms with E-state index >= 15 is 0 Å². The molecule has 0 aromatic carbocycles. The number of fused-ring (bicyclic) bond motifs is 1. The zero-order chi connectivity index (χ0) is 18.1. The molecule has 4 saturated carbocycles. The number of nitrogens with zero attached hydrogens (tertiary/aromatic N) is 3. The van der Waals surface area contributed by atoms with E-state index in [9.17, 15) is 9.90 Å². The van der Waals surface area contributed by atoms with Crippen LogP contribution in [0.3, 0.4) is 0 Å². The highest BCUT2D eigenvalue weighted by Crippen LogP contribution is 2.62. The fourth-order valence-corrected chi connectivity index (χ4v) is 6.72. The Kier molecular flexibility index (Phi) is 3.58. The molecule has 6 nitrogen and oxygen atoms in total. The maximum absolute atomic E-state index is 12.9. The SMILES string of the molecule is CC(NC(=O)c1cc2n(n1)CCN(C)C2)C12CC3CC(CC(O)(C3)C1)C2. The molecule has 0 spiro atoms. The summed E-state index contributed by atoms with van der Waals surface area (Å²) in [6.45, 7) is 4.79. The maximum atomic E-state index is 12.9. The number of amides is 1. The van der Waals surface area contributed by atoms with Crippen molar-refractivity contribution in [2.75, 3.05) is 13.6 Å². The number of likely N-dealkylation sites (N-methyl/N-ethyl adjacent to an activating group) is 1. The molecular weight excluding hydrogens is 328 g/mol. The molecule has 2 heterocycles. The maximum Gasteiger partial charge on any atom is 0.272 e. The second kappa shape index (κ2) is 5.55. The largest absolute Gasteiger partial charge is 0.390 e. The normalized spacial score (nSPS) is 39.7. The number of nitrogens with one attached hydrogen (secondary N) is 1. The molecule has 6 rings (SSSR count). The van der Waals surface area contributed by atoms with Crippen LogP contribution in [0, 0.1) is 17.3 Å². The third kappa shape index (κ3) is 2.61. The van der Waals surface area contributed by atoms with Crippen molar-refractivity contribution in [1.82, 2.24) is 20.0 Å². The Bertz CT molecular complexity index is 728. The molecule has 0 radical (unpaired) electrons. The quantitative estimate of drug-likeness (QED) is 0.864. The lowest BCUT2D eigenvalue weighted by Gasteiger charge is -2.62. The van der Waals surface area contributed by atoms with Crippen LogP contribution in [-0.2, 0) is 13.1 Å². The molecule has 26 heavy (non-hydrogen) atoms. The molecule has 1 aromatic heterocycles. The van der Waals surface area contributed by atoms with E-state index < -0.39 is 5.60 Å². The van der Waals surface area contributed by atoms with Gasteiger partial charge in [-0.15, -0.1) is 0 Å². The lowest BCUT2D eigenvalue weighted by atomic mass is 9.46. The molecule has 5 aliphatic rings. The number of carbonyl (C=O) groups excluding carboxylic acids is 1. The summed E-state index contributed by atoms with van der Waals surface area (Å²) in [4.78, 5) is 15.1. The molecular formula is C20H30N4O2. The highest BCUT2D eigenvalue weighted by molar-refractivity contribution is 5.92. The van der Waals surface area contributed by atoms with E-state index in [-0.39, 0.29) is 17.4 Å². The van der Waals surface area contributed by atoms with Gasteiger partial charge in [0, 0.05) is 19.1 Å². The van der Waals surface area contributed by atoms with Gasteiger partial charge in [-0.05, 0) is 75.8 Å². The van der Waals surface area contributed by atoms with E-state index in [1.165, 1.54) is 6.42 Å². The van der Waals surface area contributed by atoms with Crippen LogP contribution in [-0.4, -0.2) is 50.9 Å². The number of aromatic nitrogens is 2. The minimum Gasteiger partial charge on any atom is -0.390 e. The van der Waals surface area contributed by atoms with Gasteiger partial charge in [0.05, 0.1) is 17.8 Å². The average Bonchev–Trinajstić information content (AvgIpc) is 2.95. The molecule has 4 bridgehead atoms. The average molecular weight is 358 g/mol. The summed E-state index contributed by atoms with van der Waals surface area (Å²) in [6.07, 6.45) is 6.35. The molecule has 4 fully saturated rings. The minimum absolute atomic E-state index is 0.0636. The Balaban J connectivity index is 1.33. The van der Waals surface area contributed by atoms with Gasteiger partial charge in [0.15, 0.2) is 5.69 Å². The summed E-state index contributed by atoms with van der Waals surface area (Å²) in [7, 11) is 2.09. The van der Waals surface area contributed by atoms with Crippen LogP contribution in [0.2, 0.25) is 0 Å². The third-order valence-corrected chi connectivity index (χ3v) is 7.56. The highest BCUT2D eigenvalue weighted by Gasteiger charge is 2.59. The molecule has 6 heteroatoms. The van der Waals surface area contributed by atoms with Gasteiger partial charge >= 0.3 is 0 Å². The van der Waals surface area contributed by atoms with Gasteiger partial charge in [0.1, 0.15) is 0 Å². The Labute approximate surface area is 154 Å². The Morgan fingerprint density at radius 1 is 1.31 bits per heavy atom. The first-order chi connectivity index (χ1) is 12.3. The summed E-state index contributed by atoms with van der Waals surface area (Å²) >= 11 is 0. The van der Waals surface area contributed by atoms with Gasteiger partial charge < -0.3 is 10.4 Å². The van der Waals surface area contributed by atoms with Gasteiger partial charge in [-0.3, -0.25) is 14.4 Å². The van der Waals surface area contributed by atoms with Crippen LogP contribution >= 0.6 is 0 Å². The fourth-order valence-electron chi connectivity index (χ4n) is 6.72. The smallest absolute Gasteiger partial charge is 0.272 e.